The Kier molecular flexibility index (Phi) is 5.43. The number of methoxy groups -OCH3 is 1. The maximum atomic E-state index is 12.4. The van der Waals surface area contributed by atoms with Crippen LogP contribution in [0.15, 0.2) is 42.5 Å². The van der Waals surface area contributed by atoms with Crippen molar-refractivity contribution in [3.8, 4) is 11.3 Å². The van der Waals surface area contributed by atoms with Crippen LogP contribution in [0.25, 0.3) is 11.3 Å². The molecule has 2 aromatic rings. The van der Waals surface area contributed by atoms with Gasteiger partial charge in [0.1, 0.15) is 5.82 Å². The predicted octanol–water partition coefficient (Wildman–Crippen LogP) is 2.95. The van der Waals surface area contributed by atoms with E-state index in [-0.39, 0.29) is 5.91 Å². The number of ether oxygens (including phenoxy) is 1. The average Bonchev–Trinajstić information content (AvgIpc) is 3.45. The summed E-state index contributed by atoms with van der Waals surface area (Å²) in [4.78, 5) is 17.1. The molecule has 1 aromatic carbocycles. The van der Waals surface area contributed by atoms with Crippen molar-refractivity contribution in [1.82, 2.24) is 10.3 Å². The van der Waals surface area contributed by atoms with Gasteiger partial charge in [0.25, 0.3) is 5.91 Å². The van der Waals surface area contributed by atoms with Crippen molar-refractivity contribution in [2.45, 2.75) is 12.8 Å². The second-order valence-corrected chi connectivity index (χ2v) is 6.03. The molecule has 1 amide bonds. The van der Waals surface area contributed by atoms with E-state index < -0.39 is 0 Å². The molecule has 0 radical (unpaired) electrons. The maximum absolute atomic E-state index is 12.4. The summed E-state index contributed by atoms with van der Waals surface area (Å²) in [6.07, 6.45) is 2.50. The van der Waals surface area contributed by atoms with Crippen molar-refractivity contribution in [2.24, 2.45) is 5.92 Å². The maximum Gasteiger partial charge on any atom is 0.255 e. The number of hydrogen-bond acceptors (Lipinski definition) is 4. The molecular formula is C19H23N3O2. The summed E-state index contributed by atoms with van der Waals surface area (Å²) >= 11 is 0. The number of hydrogen-bond donors (Lipinski definition) is 2. The second-order valence-electron chi connectivity index (χ2n) is 6.03. The highest BCUT2D eigenvalue weighted by Gasteiger charge is 2.22. The Balaban J connectivity index is 1.81. The number of nitrogens with one attached hydrogen (secondary N) is 2. The fourth-order valence-electron chi connectivity index (χ4n) is 2.47. The lowest BCUT2D eigenvalue weighted by Crippen LogP contribution is -2.28. The van der Waals surface area contributed by atoms with E-state index in [1.165, 1.54) is 12.8 Å². The minimum absolute atomic E-state index is 0.127. The van der Waals surface area contributed by atoms with Crippen molar-refractivity contribution in [2.75, 3.05) is 32.1 Å². The van der Waals surface area contributed by atoms with Crippen LogP contribution < -0.4 is 10.6 Å². The van der Waals surface area contributed by atoms with Crippen LogP contribution in [0.2, 0.25) is 0 Å². The van der Waals surface area contributed by atoms with Gasteiger partial charge in [0.05, 0.1) is 17.9 Å². The molecule has 3 rings (SSSR count). The Labute approximate surface area is 142 Å². The van der Waals surface area contributed by atoms with Crippen molar-refractivity contribution in [3.63, 3.8) is 0 Å². The normalized spacial score (nSPS) is 13.5. The van der Waals surface area contributed by atoms with Crippen LogP contribution in [-0.4, -0.2) is 37.7 Å². The molecule has 1 fully saturated rings. The monoisotopic (exact) mass is 325 g/mol. The van der Waals surface area contributed by atoms with Crippen LogP contribution in [0.5, 0.6) is 0 Å². The van der Waals surface area contributed by atoms with E-state index >= 15 is 0 Å². The molecule has 0 atom stereocenters. The number of anilines is 1. The van der Waals surface area contributed by atoms with Gasteiger partial charge in [-0.2, -0.15) is 0 Å². The standard InChI is InChI=1S/C19H23N3O2/c1-24-12-11-20-19(23)16-9-10-17(15-5-3-2-4-6-15)22-18(16)21-13-14-7-8-14/h2-6,9-10,14H,7-8,11-13H2,1H3,(H,20,23)(H,21,22). The summed E-state index contributed by atoms with van der Waals surface area (Å²) in [7, 11) is 1.62. The fourth-order valence-corrected chi connectivity index (χ4v) is 2.47. The minimum atomic E-state index is -0.127. The molecule has 1 saturated carbocycles. The van der Waals surface area contributed by atoms with Crippen molar-refractivity contribution >= 4 is 11.7 Å². The molecule has 0 aliphatic heterocycles. The summed E-state index contributed by atoms with van der Waals surface area (Å²) in [5.74, 6) is 1.23. The number of carbonyl (C=O) groups is 1. The number of carbonyl (C=O) groups excluding carboxylic acids is 1. The smallest absolute Gasteiger partial charge is 0.255 e. The van der Waals surface area contributed by atoms with Crippen LogP contribution in [0.1, 0.15) is 23.2 Å². The van der Waals surface area contributed by atoms with Crippen LogP contribution >= 0.6 is 0 Å². The second kappa shape index (κ2) is 7.93. The highest BCUT2D eigenvalue weighted by Crippen LogP contribution is 2.29. The molecular weight excluding hydrogens is 302 g/mol. The summed E-state index contributed by atoms with van der Waals surface area (Å²) in [6.45, 7) is 1.84. The lowest BCUT2D eigenvalue weighted by atomic mass is 10.1. The van der Waals surface area contributed by atoms with Gasteiger partial charge in [-0.15, -0.1) is 0 Å². The third kappa shape index (κ3) is 4.32. The van der Waals surface area contributed by atoms with E-state index in [0.717, 1.165) is 17.8 Å². The quantitative estimate of drug-likeness (QED) is 0.733. The van der Waals surface area contributed by atoms with Crippen LogP contribution in [0, 0.1) is 5.92 Å². The summed E-state index contributed by atoms with van der Waals surface area (Å²) in [6, 6.07) is 13.7. The molecule has 1 aliphatic carbocycles. The third-order valence-corrected chi connectivity index (χ3v) is 4.06. The number of aromatic nitrogens is 1. The SMILES string of the molecule is COCCNC(=O)c1ccc(-c2ccccc2)nc1NCC1CC1. The highest BCUT2D eigenvalue weighted by molar-refractivity contribution is 5.99. The summed E-state index contributed by atoms with van der Waals surface area (Å²) in [5.41, 5.74) is 2.48. The highest BCUT2D eigenvalue weighted by atomic mass is 16.5. The van der Waals surface area contributed by atoms with E-state index in [1.54, 1.807) is 7.11 Å². The van der Waals surface area contributed by atoms with E-state index in [4.69, 9.17) is 4.74 Å². The largest absolute Gasteiger partial charge is 0.383 e. The van der Waals surface area contributed by atoms with Gasteiger partial charge in [-0.3, -0.25) is 4.79 Å². The van der Waals surface area contributed by atoms with Gasteiger partial charge in [-0.1, -0.05) is 30.3 Å². The molecule has 1 heterocycles. The van der Waals surface area contributed by atoms with E-state index in [0.29, 0.717) is 30.5 Å². The Hall–Kier alpha value is -2.40. The van der Waals surface area contributed by atoms with E-state index in [2.05, 4.69) is 15.6 Å². The first-order chi connectivity index (χ1) is 11.8. The summed E-state index contributed by atoms with van der Waals surface area (Å²) < 4.78 is 4.98. The Morgan fingerprint density at radius 3 is 2.71 bits per heavy atom. The minimum Gasteiger partial charge on any atom is -0.383 e. The Morgan fingerprint density at radius 1 is 1.21 bits per heavy atom. The molecule has 1 aliphatic rings. The van der Waals surface area contributed by atoms with Crippen molar-refractivity contribution in [1.29, 1.82) is 0 Å². The van der Waals surface area contributed by atoms with Gasteiger partial charge in [0.2, 0.25) is 0 Å². The van der Waals surface area contributed by atoms with E-state index in [1.807, 2.05) is 42.5 Å². The molecule has 126 valence electrons. The molecule has 2 N–H and O–H groups in total. The zero-order valence-corrected chi connectivity index (χ0v) is 13.9. The lowest BCUT2D eigenvalue weighted by molar-refractivity contribution is 0.0937. The number of amides is 1. The van der Waals surface area contributed by atoms with Crippen molar-refractivity contribution < 1.29 is 9.53 Å². The molecule has 0 bridgehead atoms. The molecule has 0 spiro atoms. The number of pyridine rings is 1. The molecule has 0 saturated heterocycles. The van der Waals surface area contributed by atoms with Gasteiger partial charge < -0.3 is 15.4 Å². The lowest BCUT2D eigenvalue weighted by Gasteiger charge is -2.13. The first kappa shape index (κ1) is 16.5. The first-order valence-electron chi connectivity index (χ1n) is 8.35. The zero-order valence-electron chi connectivity index (χ0n) is 13.9. The number of nitrogens with zero attached hydrogens (tertiary/aromatic N) is 1. The van der Waals surface area contributed by atoms with E-state index in [9.17, 15) is 4.79 Å². The van der Waals surface area contributed by atoms with Crippen LogP contribution in [-0.2, 0) is 4.74 Å². The molecule has 24 heavy (non-hydrogen) atoms. The fraction of sp³-hybridized carbons (Fsp3) is 0.368. The van der Waals surface area contributed by atoms with Gasteiger partial charge in [0, 0.05) is 25.8 Å². The van der Waals surface area contributed by atoms with Crippen molar-refractivity contribution in [3.05, 3.63) is 48.0 Å². The number of rotatable bonds is 8. The molecule has 5 heteroatoms. The Bertz CT molecular complexity index is 684. The van der Waals surface area contributed by atoms with Crippen LogP contribution in [0.4, 0.5) is 5.82 Å². The molecule has 1 aromatic heterocycles. The topological polar surface area (TPSA) is 63.2 Å². The Morgan fingerprint density at radius 2 is 2.00 bits per heavy atom. The average molecular weight is 325 g/mol. The van der Waals surface area contributed by atoms with Gasteiger partial charge >= 0.3 is 0 Å². The third-order valence-electron chi connectivity index (χ3n) is 4.06. The predicted molar refractivity (Wildman–Crippen MR) is 95.1 cm³/mol. The zero-order chi connectivity index (χ0) is 16.8. The summed E-state index contributed by atoms with van der Waals surface area (Å²) in [5, 5.41) is 6.21. The molecule has 0 unspecified atom stereocenters. The molecule has 5 nitrogen and oxygen atoms in total. The van der Waals surface area contributed by atoms with Crippen LogP contribution in [0.3, 0.4) is 0 Å². The van der Waals surface area contributed by atoms with Gasteiger partial charge in [-0.25, -0.2) is 4.98 Å². The first-order valence-corrected chi connectivity index (χ1v) is 8.35. The number of benzene rings is 1. The van der Waals surface area contributed by atoms with Gasteiger partial charge in [0.15, 0.2) is 0 Å². The van der Waals surface area contributed by atoms with Gasteiger partial charge in [-0.05, 0) is 30.9 Å².